The van der Waals surface area contributed by atoms with Crippen molar-refractivity contribution in [3.05, 3.63) is 52.1 Å². The molecule has 0 unspecified atom stereocenters. The molecule has 2 heterocycles. The third-order valence-electron chi connectivity index (χ3n) is 2.95. The van der Waals surface area contributed by atoms with Crippen LogP contribution in [0.25, 0.3) is 17.0 Å². The van der Waals surface area contributed by atoms with Crippen molar-refractivity contribution in [3.8, 4) is 11.4 Å². The summed E-state index contributed by atoms with van der Waals surface area (Å²) in [6.45, 7) is 1.99. The minimum atomic E-state index is -0.975. The fraction of sp³-hybridized carbons (Fsp3) is 0.0714. The molecule has 0 saturated carbocycles. The number of aromatic nitrogens is 3. The Morgan fingerprint density at radius 2 is 2.05 bits per heavy atom. The summed E-state index contributed by atoms with van der Waals surface area (Å²) < 4.78 is 2.63. The van der Waals surface area contributed by atoms with Gasteiger partial charge < -0.3 is 5.11 Å². The van der Waals surface area contributed by atoms with Gasteiger partial charge in [0.25, 0.3) is 0 Å². The molecular formula is C14H10BrN3O2. The zero-order chi connectivity index (χ0) is 14.3. The highest BCUT2D eigenvalue weighted by molar-refractivity contribution is 9.10. The quantitative estimate of drug-likeness (QED) is 0.783. The number of fused-ring (bicyclic) bond motifs is 1. The number of aromatic carboxylic acids is 1. The van der Waals surface area contributed by atoms with E-state index in [0.29, 0.717) is 11.5 Å². The number of nitrogens with zero attached hydrogens (tertiary/aromatic N) is 3. The van der Waals surface area contributed by atoms with Gasteiger partial charge in [0.05, 0.1) is 5.56 Å². The van der Waals surface area contributed by atoms with Gasteiger partial charge in [-0.3, -0.25) is 4.40 Å². The van der Waals surface area contributed by atoms with Crippen molar-refractivity contribution in [3.63, 3.8) is 0 Å². The molecule has 5 nitrogen and oxygen atoms in total. The van der Waals surface area contributed by atoms with E-state index in [-0.39, 0.29) is 5.56 Å². The van der Waals surface area contributed by atoms with E-state index in [9.17, 15) is 4.79 Å². The summed E-state index contributed by atoms with van der Waals surface area (Å²) >= 11 is 3.45. The minimum Gasteiger partial charge on any atom is -0.478 e. The molecule has 1 N–H and O–H groups in total. The molecule has 0 radical (unpaired) electrons. The molecule has 0 fully saturated rings. The Labute approximate surface area is 123 Å². The standard InChI is InChI=1S/C14H10BrN3O2/c1-8-4-10(6-11(15)5-8)13-17-16-12-3-2-9(14(19)20)7-18(12)13/h2-7H,1H3,(H,19,20). The van der Waals surface area contributed by atoms with Gasteiger partial charge in [0, 0.05) is 16.2 Å². The molecule has 3 aromatic rings. The van der Waals surface area contributed by atoms with Crippen LogP contribution in [0.4, 0.5) is 0 Å². The summed E-state index contributed by atoms with van der Waals surface area (Å²) in [5.74, 6) is -0.357. The topological polar surface area (TPSA) is 67.5 Å². The Morgan fingerprint density at radius 3 is 2.75 bits per heavy atom. The lowest BCUT2D eigenvalue weighted by Crippen LogP contribution is -1.99. The first-order valence-electron chi connectivity index (χ1n) is 5.90. The molecule has 0 aliphatic carbocycles. The normalized spacial score (nSPS) is 10.9. The van der Waals surface area contributed by atoms with Crippen molar-refractivity contribution in [1.29, 1.82) is 0 Å². The number of carboxylic acid groups (broad SMARTS) is 1. The van der Waals surface area contributed by atoms with Gasteiger partial charge in [0.2, 0.25) is 0 Å². The van der Waals surface area contributed by atoms with Crippen LogP contribution in [0.1, 0.15) is 15.9 Å². The predicted molar refractivity (Wildman–Crippen MR) is 77.8 cm³/mol. The smallest absolute Gasteiger partial charge is 0.337 e. The maximum atomic E-state index is 11.1. The van der Waals surface area contributed by atoms with Gasteiger partial charge in [-0.15, -0.1) is 10.2 Å². The minimum absolute atomic E-state index is 0.199. The SMILES string of the molecule is Cc1cc(Br)cc(-c2nnc3ccc(C(=O)O)cn23)c1. The van der Waals surface area contributed by atoms with Crippen LogP contribution in [-0.4, -0.2) is 25.7 Å². The monoisotopic (exact) mass is 331 g/mol. The van der Waals surface area contributed by atoms with Gasteiger partial charge in [0.1, 0.15) is 0 Å². The summed E-state index contributed by atoms with van der Waals surface area (Å²) in [6, 6.07) is 9.06. The van der Waals surface area contributed by atoms with E-state index in [1.165, 1.54) is 12.3 Å². The highest BCUT2D eigenvalue weighted by Gasteiger charge is 2.11. The van der Waals surface area contributed by atoms with E-state index in [2.05, 4.69) is 26.1 Å². The predicted octanol–water partition coefficient (Wildman–Crippen LogP) is 3.17. The van der Waals surface area contributed by atoms with Crippen LogP contribution in [0.5, 0.6) is 0 Å². The summed E-state index contributed by atoms with van der Waals surface area (Å²) in [4.78, 5) is 11.1. The Bertz CT molecular complexity index is 806. The molecule has 2 aromatic heterocycles. The van der Waals surface area contributed by atoms with Crippen LogP contribution in [0.15, 0.2) is 41.0 Å². The zero-order valence-corrected chi connectivity index (χ0v) is 12.1. The van der Waals surface area contributed by atoms with Crippen molar-refractivity contribution >= 4 is 27.5 Å². The molecule has 0 atom stereocenters. The van der Waals surface area contributed by atoms with Crippen LogP contribution < -0.4 is 0 Å². The molecule has 0 saturated heterocycles. The van der Waals surface area contributed by atoms with E-state index < -0.39 is 5.97 Å². The van der Waals surface area contributed by atoms with E-state index >= 15 is 0 Å². The molecular weight excluding hydrogens is 322 g/mol. The average molecular weight is 332 g/mol. The van der Waals surface area contributed by atoms with E-state index in [1.807, 2.05) is 25.1 Å². The fourth-order valence-corrected chi connectivity index (χ4v) is 2.69. The van der Waals surface area contributed by atoms with Crippen LogP contribution in [0.2, 0.25) is 0 Å². The van der Waals surface area contributed by atoms with E-state index in [4.69, 9.17) is 5.11 Å². The number of hydrogen-bond donors (Lipinski definition) is 1. The number of hydrogen-bond acceptors (Lipinski definition) is 3. The number of rotatable bonds is 2. The second kappa shape index (κ2) is 4.72. The molecule has 0 spiro atoms. The Balaban J connectivity index is 2.25. The number of halogens is 1. The maximum absolute atomic E-state index is 11.1. The lowest BCUT2D eigenvalue weighted by atomic mass is 10.1. The molecule has 0 aliphatic heterocycles. The first kappa shape index (κ1) is 12.8. The number of benzene rings is 1. The molecule has 0 amide bonds. The number of carbonyl (C=O) groups is 1. The maximum Gasteiger partial charge on any atom is 0.337 e. The van der Waals surface area contributed by atoms with Crippen LogP contribution >= 0.6 is 15.9 Å². The third-order valence-corrected chi connectivity index (χ3v) is 3.41. The molecule has 100 valence electrons. The molecule has 1 aromatic carbocycles. The van der Waals surface area contributed by atoms with Gasteiger partial charge in [-0.2, -0.15) is 0 Å². The van der Waals surface area contributed by atoms with E-state index in [0.717, 1.165) is 15.6 Å². The highest BCUT2D eigenvalue weighted by atomic mass is 79.9. The second-order valence-corrected chi connectivity index (χ2v) is 5.41. The van der Waals surface area contributed by atoms with Gasteiger partial charge >= 0.3 is 5.97 Å². The van der Waals surface area contributed by atoms with Crippen LogP contribution in [-0.2, 0) is 0 Å². The fourth-order valence-electron chi connectivity index (χ4n) is 2.08. The van der Waals surface area contributed by atoms with Crippen LogP contribution in [0, 0.1) is 6.92 Å². The van der Waals surface area contributed by atoms with Crippen molar-refractivity contribution in [2.45, 2.75) is 6.92 Å². The Hall–Kier alpha value is -2.21. The highest BCUT2D eigenvalue weighted by Crippen LogP contribution is 2.24. The summed E-state index contributed by atoms with van der Waals surface area (Å²) in [5.41, 5.74) is 2.78. The first-order chi connectivity index (χ1) is 9.54. The van der Waals surface area contributed by atoms with Crippen LogP contribution in [0.3, 0.4) is 0 Å². The Kier molecular flexibility index (Phi) is 3.02. The molecule has 20 heavy (non-hydrogen) atoms. The summed E-state index contributed by atoms with van der Waals surface area (Å²) in [5, 5.41) is 17.3. The summed E-state index contributed by atoms with van der Waals surface area (Å²) in [7, 11) is 0. The van der Waals surface area contributed by atoms with E-state index in [1.54, 1.807) is 10.5 Å². The zero-order valence-electron chi connectivity index (χ0n) is 10.5. The number of carboxylic acids is 1. The molecule has 0 bridgehead atoms. The second-order valence-electron chi connectivity index (χ2n) is 4.49. The average Bonchev–Trinajstić information content (AvgIpc) is 2.80. The summed E-state index contributed by atoms with van der Waals surface area (Å²) in [6.07, 6.45) is 1.53. The first-order valence-corrected chi connectivity index (χ1v) is 6.69. The van der Waals surface area contributed by atoms with Gasteiger partial charge in [-0.25, -0.2) is 4.79 Å². The van der Waals surface area contributed by atoms with Crippen molar-refractivity contribution in [1.82, 2.24) is 14.6 Å². The molecule has 6 heteroatoms. The van der Waals surface area contributed by atoms with Gasteiger partial charge in [-0.1, -0.05) is 15.9 Å². The van der Waals surface area contributed by atoms with Crippen molar-refractivity contribution in [2.24, 2.45) is 0 Å². The van der Waals surface area contributed by atoms with Gasteiger partial charge in [0.15, 0.2) is 11.5 Å². The number of pyridine rings is 1. The van der Waals surface area contributed by atoms with Crippen molar-refractivity contribution < 1.29 is 9.90 Å². The number of aryl methyl sites for hydroxylation is 1. The largest absolute Gasteiger partial charge is 0.478 e. The Morgan fingerprint density at radius 1 is 1.25 bits per heavy atom. The molecule has 3 rings (SSSR count). The third kappa shape index (κ3) is 2.18. The lowest BCUT2D eigenvalue weighted by Gasteiger charge is -2.03. The molecule has 0 aliphatic rings. The van der Waals surface area contributed by atoms with Gasteiger partial charge in [-0.05, 0) is 42.8 Å². The van der Waals surface area contributed by atoms with Crippen molar-refractivity contribution in [2.75, 3.05) is 0 Å². The lowest BCUT2D eigenvalue weighted by molar-refractivity contribution is 0.0696.